The van der Waals surface area contributed by atoms with Gasteiger partial charge in [0.05, 0.1) is 25.7 Å². The molecule has 25 nitrogen and oxygen atoms in total. The minimum absolute atomic E-state index is 0.0204. The topological polar surface area (TPSA) is 406 Å². The van der Waals surface area contributed by atoms with E-state index in [1.807, 2.05) is 0 Å². The number of rotatable bonds is 27. The van der Waals surface area contributed by atoms with Gasteiger partial charge < -0.3 is 74.8 Å². The van der Waals surface area contributed by atoms with Gasteiger partial charge in [-0.25, -0.2) is 4.79 Å². The average Bonchev–Trinajstić information content (AvgIpc) is 4.06. The summed E-state index contributed by atoms with van der Waals surface area (Å²) < 4.78 is 0. The lowest BCUT2D eigenvalue weighted by molar-refractivity contribution is -0.144. The van der Waals surface area contributed by atoms with Crippen LogP contribution in [0.4, 0.5) is 0 Å². The summed E-state index contributed by atoms with van der Waals surface area (Å²) in [5.41, 5.74) is 22.8. The highest BCUT2D eigenvalue weighted by Gasteiger charge is 2.40. The molecule has 2 aliphatic heterocycles. The van der Waals surface area contributed by atoms with Gasteiger partial charge >= 0.3 is 5.97 Å². The predicted octanol–water partition coefficient (Wildman–Crippen LogP) is -4.65. The van der Waals surface area contributed by atoms with E-state index < -0.39 is 121 Å². The average molecular weight is 992 g/mol. The molecule has 0 aliphatic carbocycles. The second kappa shape index (κ2) is 28.1. The number of likely N-dealkylation sites (tertiary alicyclic amines) is 2. The van der Waals surface area contributed by atoms with Crippen LogP contribution in [0.15, 0.2) is 65.7 Å². The Labute approximate surface area is 409 Å². The van der Waals surface area contributed by atoms with Crippen molar-refractivity contribution in [3.8, 4) is 0 Å². The molecule has 386 valence electrons. The van der Waals surface area contributed by atoms with Gasteiger partial charge in [0, 0.05) is 38.9 Å². The van der Waals surface area contributed by atoms with Gasteiger partial charge in [-0.1, -0.05) is 60.7 Å². The van der Waals surface area contributed by atoms with Crippen molar-refractivity contribution in [2.75, 3.05) is 39.3 Å². The molecule has 16 N–H and O–H groups in total. The number of aliphatic hydroxyl groups excluding tert-OH is 1. The lowest BCUT2D eigenvalue weighted by atomic mass is 10.0. The molecule has 2 heterocycles. The lowest BCUT2D eigenvalue weighted by Gasteiger charge is -2.30. The van der Waals surface area contributed by atoms with Crippen LogP contribution in [0.5, 0.6) is 0 Å². The van der Waals surface area contributed by atoms with Crippen molar-refractivity contribution in [1.29, 1.82) is 0 Å². The molecule has 0 unspecified atom stereocenters. The fourth-order valence-electron chi connectivity index (χ4n) is 8.07. The zero-order valence-electron chi connectivity index (χ0n) is 39.3. The standard InChI is InChI=1S/C46H65N13O12/c47-29(17-18-36(48)61)39(64)53-25-38(63)58-20-8-15-34(58)42(67)52-24-37(62)54-31(22-27-10-3-1-4-11-27)40(65)57-33(26-60)44(69)59-21-9-16-35(59)43(68)56-32(23-28-12-5-2-6-13-28)41(66)55-30(45(70)71)14-7-19-51-46(49)50/h1-6,10-13,29-35,60H,7-9,14-26,47H2,(H2,48,61)(H,52,67)(H,53,64)(H,54,62)(H,55,66)(H,56,68)(H,57,65)(H,70,71)(H4,49,50,51)/t29-,30-,31-,32-,33-,34-,35-/m0/s1. The number of guanidine groups is 1. The number of primary amides is 1. The number of carbonyl (C=O) groups excluding carboxylic acids is 9. The van der Waals surface area contributed by atoms with Crippen molar-refractivity contribution in [3.63, 3.8) is 0 Å². The molecule has 4 rings (SSSR count). The predicted molar refractivity (Wildman–Crippen MR) is 255 cm³/mol. The molecule has 7 atom stereocenters. The normalized spacial score (nSPS) is 17.3. The van der Waals surface area contributed by atoms with Crippen molar-refractivity contribution in [2.24, 2.45) is 27.9 Å². The SMILES string of the molecule is NC(=O)CC[C@H](N)C(=O)NCC(=O)N1CCC[C@H]1C(=O)NCC(=O)N[C@@H](Cc1ccccc1)C(=O)N[C@@H](CO)C(=O)N1CCC[C@H]1C(=O)N[C@@H](Cc1ccccc1)C(=O)N[C@@H](CCCN=C(N)N)C(=O)O. The number of nitrogens with one attached hydrogen (secondary N) is 6. The monoisotopic (exact) mass is 991 g/mol. The van der Waals surface area contributed by atoms with E-state index in [0.717, 1.165) is 0 Å². The first-order valence-electron chi connectivity index (χ1n) is 23.2. The Morgan fingerprint density at radius 2 is 1.20 bits per heavy atom. The highest BCUT2D eigenvalue weighted by Crippen LogP contribution is 2.20. The first-order valence-corrected chi connectivity index (χ1v) is 23.2. The number of hydrogen-bond donors (Lipinski definition) is 12. The molecule has 0 radical (unpaired) electrons. The van der Waals surface area contributed by atoms with Crippen molar-refractivity contribution in [1.82, 2.24) is 41.7 Å². The summed E-state index contributed by atoms with van der Waals surface area (Å²) in [7, 11) is 0. The van der Waals surface area contributed by atoms with Gasteiger partial charge in [-0.05, 0) is 56.1 Å². The van der Waals surface area contributed by atoms with E-state index in [9.17, 15) is 58.2 Å². The Morgan fingerprint density at radius 1 is 0.648 bits per heavy atom. The van der Waals surface area contributed by atoms with Crippen LogP contribution in [0.1, 0.15) is 62.5 Å². The van der Waals surface area contributed by atoms with Gasteiger partial charge in [0.15, 0.2) is 5.96 Å². The summed E-state index contributed by atoms with van der Waals surface area (Å²) >= 11 is 0. The second-order valence-electron chi connectivity index (χ2n) is 17.1. The summed E-state index contributed by atoms with van der Waals surface area (Å²) in [4.78, 5) is 137. The van der Waals surface area contributed by atoms with Crippen LogP contribution in [0.3, 0.4) is 0 Å². The molecule has 0 saturated carbocycles. The molecule has 2 aromatic carbocycles. The number of hydrogen-bond acceptors (Lipinski definition) is 13. The van der Waals surface area contributed by atoms with Crippen molar-refractivity contribution in [3.05, 3.63) is 71.8 Å². The van der Waals surface area contributed by atoms with Crippen molar-refractivity contribution < 1.29 is 58.2 Å². The number of nitrogens with two attached hydrogens (primary N) is 4. The van der Waals surface area contributed by atoms with Gasteiger partial charge in [-0.2, -0.15) is 0 Å². The first-order chi connectivity index (χ1) is 33.9. The van der Waals surface area contributed by atoms with Gasteiger partial charge in [-0.3, -0.25) is 48.1 Å². The fourth-order valence-corrected chi connectivity index (χ4v) is 8.07. The van der Waals surface area contributed by atoms with Crippen LogP contribution >= 0.6 is 0 Å². The maximum absolute atomic E-state index is 14.1. The van der Waals surface area contributed by atoms with Crippen molar-refractivity contribution in [2.45, 2.75) is 107 Å². The molecule has 9 amide bonds. The first kappa shape index (κ1) is 55.9. The van der Waals surface area contributed by atoms with E-state index in [-0.39, 0.29) is 77.0 Å². The molecule has 0 bridgehead atoms. The van der Waals surface area contributed by atoms with E-state index in [1.165, 1.54) is 9.80 Å². The van der Waals surface area contributed by atoms with E-state index in [0.29, 0.717) is 24.0 Å². The Kier molecular flexibility index (Phi) is 22.1. The number of amides is 9. The number of benzene rings is 2. The van der Waals surface area contributed by atoms with Crippen LogP contribution in [-0.2, 0) is 60.8 Å². The summed E-state index contributed by atoms with van der Waals surface area (Å²) in [5.74, 6) is -8.10. The number of carboxylic acid groups (broad SMARTS) is 1. The zero-order valence-corrected chi connectivity index (χ0v) is 39.3. The molecular weight excluding hydrogens is 927 g/mol. The molecule has 25 heteroatoms. The molecular formula is C46H65N13O12. The Hall–Kier alpha value is -7.67. The third-order valence-corrected chi connectivity index (χ3v) is 11.8. The molecule has 0 spiro atoms. The largest absolute Gasteiger partial charge is 0.480 e. The highest BCUT2D eigenvalue weighted by molar-refractivity contribution is 5.97. The number of nitrogens with zero attached hydrogens (tertiary/aromatic N) is 3. The Balaban J connectivity index is 1.40. The molecule has 2 aliphatic rings. The van der Waals surface area contributed by atoms with Crippen molar-refractivity contribution >= 4 is 65.1 Å². The maximum Gasteiger partial charge on any atom is 0.326 e. The molecule has 2 aromatic rings. The van der Waals surface area contributed by atoms with Gasteiger partial charge in [-0.15, -0.1) is 0 Å². The van der Waals surface area contributed by atoms with Crippen LogP contribution in [0, 0.1) is 0 Å². The summed E-state index contributed by atoms with van der Waals surface area (Å²) in [5, 5.41) is 35.4. The summed E-state index contributed by atoms with van der Waals surface area (Å²) in [6, 6.07) is 8.43. The van der Waals surface area contributed by atoms with Crippen LogP contribution < -0.4 is 54.8 Å². The van der Waals surface area contributed by atoms with Gasteiger partial charge in [0.1, 0.15) is 36.3 Å². The fraction of sp³-hybridized carbons (Fsp3) is 0.500. The molecule has 2 fully saturated rings. The quantitative estimate of drug-likeness (QED) is 0.0228. The Bertz CT molecular complexity index is 2230. The van der Waals surface area contributed by atoms with Crippen LogP contribution in [0.2, 0.25) is 0 Å². The maximum atomic E-state index is 14.1. The minimum atomic E-state index is -1.59. The second-order valence-corrected chi connectivity index (χ2v) is 17.1. The number of aliphatic hydroxyl groups is 1. The number of aliphatic imine (C=N–C) groups is 1. The minimum Gasteiger partial charge on any atom is -0.480 e. The molecule has 2 saturated heterocycles. The number of carbonyl (C=O) groups is 10. The van der Waals surface area contributed by atoms with E-state index in [2.05, 4.69) is 36.9 Å². The summed E-state index contributed by atoms with van der Waals surface area (Å²) in [6.07, 6.45) is 1.16. The molecule has 71 heavy (non-hydrogen) atoms. The third kappa shape index (κ3) is 18.0. The lowest BCUT2D eigenvalue weighted by Crippen LogP contribution is -2.60. The molecule has 0 aromatic heterocycles. The van der Waals surface area contributed by atoms with Gasteiger partial charge in [0.2, 0.25) is 53.2 Å². The van der Waals surface area contributed by atoms with Crippen LogP contribution in [0.25, 0.3) is 0 Å². The number of carboxylic acids is 1. The highest BCUT2D eigenvalue weighted by atomic mass is 16.4. The smallest absolute Gasteiger partial charge is 0.326 e. The van der Waals surface area contributed by atoms with E-state index in [4.69, 9.17) is 22.9 Å². The van der Waals surface area contributed by atoms with Gasteiger partial charge in [0.25, 0.3) is 0 Å². The summed E-state index contributed by atoms with van der Waals surface area (Å²) in [6.45, 7) is -1.63. The van der Waals surface area contributed by atoms with E-state index >= 15 is 0 Å². The van der Waals surface area contributed by atoms with E-state index in [1.54, 1.807) is 60.7 Å². The third-order valence-electron chi connectivity index (χ3n) is 11.8. The van der Waals surface area contributed by atoms with Crippen LogP contribution in [-0.4, -0.2) is 167 Å². The zero-order chi connectivity index (χ0) is 52.0. The number of aliphatic carboxylic acids is 1. The Morgan fingerprint density at radius 3 is 1.75 bits per heavy atom.